The first-order chi connectivity index (χ1) is 4.12. The molecule has 0 aromatic carbocycles. The topological polar surface area (TPSA) is 29.5 Å². The minimum Gasteiger partial charge on any atom is -0.356 e. The van der Waals surface area contributed by atoms with E-state index in [0.717, 1.165) is 0 Å². The van der Waals surface area contributed by atoms with E-state index in [1.165, 1.54) is 13.0 Å². The molecular weight excluding hydrogens is 116 g/mol. The lowest BCUT2D eigenvalue weighted by Crippen LogP contribution is -2.25. The Morgan fingerprint density at radius 1 is 2.00 bits per heavy atom. The fraction of sp³-hybridized carbons (Fsp3) is 0.429. The number of terminal acetylenes is 1. The van der Waals surface area contributed by atoms with Crippen LogP contribution in [0.2, 0.25) is 0 Å². The van der Waals surface area contributed by atoms with Crippen molar-refractivity contribution in [1.82, 2.24) is 0 Å². The first-order valence-electron chi connectivity index (χ1n) is 2.57. The first-order valence-corrected chi connectivity index (χ1v) is 2.57. The maximum atomic E-state index is 8.95. The van der Waals surface area contributed by atoms with Crippen LogP contribution in [-0.4, -0.2) is 17.5 Å². The zero-order valence-corrected chi connectivity index (χ0v) is 5.42. The summed E-state index contributed by atoms with van der Waals surface area (Å²) in [4.78, 5) is 0. The predicted molar refractivity (Wildman–Crippen MR) is 35.6 cm³/mol. The molecule has 0 heterocycles. The van der Waals surface area contributed by atoms with E-state index in [0.29, 0.717) is 0 Å². The number of hydrogen-bond donors (Lipinski definition) is 1. The van der Waals surface area contributed by atoms with E-state index in [9.17, 15) is 0 Å². The number of rotatable bonds is 3. The van der Waals surface area contributed by atoms with Gasteiger partial charge in [0.15, 0.2) is 0 Å². The Kier molecular flexibility index (Phi) is 3.00. The van der Waals surface area contributed by atoms with Gasteiger partial charge in [-0.25, -0.2) is 0 Å². The smallest absolute Gasteiger partial charge is 0.228 e. The van der Waals surface area contributed by atoms with Crippen LogP contribution in [0.1, 0.15) is 6.92 Å². The van der Waals surface area contributed by atoms with Crippen molar-refractivity contribution in [3.63, 3.8) is 0 Å². The summed E-state index contributed by atoms with van der Waals surface area (Å²) in [5.41, 5.74) is 0. The van der Waals surface area contributed by atoms with Crippen molar-refractivity contribution in [2.24, 2.45) is 0 Å². The van der Waals surface area contributed by atoms with E-state index < -0.39 is 5.79 Å². The molecule has 0 fully saturated rings. The minimum absolute atomic E-state index is 0.261. The second-order valence-corrected chi connectivity index (χ2v) is 1.73. The molecule has 0 amide bonds. The zero-order valence-electron chi connectivity index (χ0n) is 5.42. The average Bonchev–Trinajstić information content (AvgIpc) is 1.84. The van der Waals surface area contributed by atoms with Gasteiger partial charge in [0.1, 0.15) is 0 Å². The van der Waals surface area contributed by atoms with Gasteiger partial charge in [0.2, 0.25) is 5.79 Å². The third-order valence-corrected chi connectivity index (χ3v) is 0.750. The van der Waals surface area contributed by atoms with Crippen molar-refractivity contribution in [3.05, 3.63) is 12.7 Å². The summed E-state index contributed by atoms with van der Waals surface area (Å²) in [6, 6.07) is 0. The van der Waals surface area contributed by atoms with Crippen molar-refractivity contribution < 1.29 is 9.84 Å². The molecular formula is C7H10O2. The number of hydrogen-bond acceptors (Lipinski definition) is 2. The Bertz CT molecular complexity index is 130. The van der Waals surface area contributed by atoms with Gasteiger partial charge in [0.25, 0.3) is 0 Å². The normalized spacial score (nSPS) is 15.7. The summed E-state index contributed by atoms with van der Waals surface area (Å²) < 4.78 is 4.73. The second-order valence-electron chi connectivity index (χ2n) is 1.73. The Balaban J connectivity index is 3.61. The van der Waals surface area contributed by atoms with Crippen molar-refractivity contribution >= 4 is 0 Å². The third kappa shape index (κ3) is 3.77. The minimum atomic E-state index is -1.45. The van der Waals surface area contributed by atoms with Gasteiger partial charge in [-0.15, -0.1) is 13.0 Å². The predicted octanol–water partition coefficient (Wildman–Crippen LogP) is 0.531. The fourth-order valence-corrected chi connectivity index (χ4v) is 0.263. The van der Waals surface area contributed by atoms with Crippen molar-refractivity contribution in [1.29, 1.82) is 0 Å². The SMILES string of the molecule is C#CC(C)(O)OCC=C. The van der Waals surface area contributed by atoms with Crippen LogP contribution in [0.4, 0.5) is 0 Å². The molecule has 0 radical (unpaired) electrons. The van der Waals surface area contributed by atoms with Crippen LogP contribution >= 0.6 is 0 Å². The highest BCUT2D eigenvalue weighted by Crippen LogP contribution is 2.01. The molecule has 0 spiro atoms. The highest BCUT2D eigenvalue weighted by atomic mass is 16.6. The van der Waals surface area contributed by atoms with E-state index in [1.807, 2.05) is 0 Å². The van der Waals surface area contributed by atoms with Gasteiger partial charge in [-0.2, -0.15) is 0 Å². The molecule has 0 aliphatic heterocycles. The van der Waals surface area contributed by atoms with E-state index in [-0.39, 0.29) is 6.61 Å². The molecule has 0 aliphatic carbocycles. The maximum Gasteiger partial charge on any atom is 0.228 e. The van der Waals surface area contributed by atoms with Crippen LogP contribution < -0.4 is 0 Å². The number of aliphatic hydroxyl groups is 1. The molecule has 0 rings (SSSR count). The molecule has 50 valence electrons. The molecule has 1 atom stereocenters. The molecule has 2 nitrogen and oxygen atoms in total. The third-order valence-electron chi connectivity index (χ3n) is 0.750. The van der Waals surface area contributed by atoms with E-state index in [4.69, 9.17) is 16.3 Å². The molecule has 0 aromatic heterocycles. The van der Waals surface area contributed by atoms with Crippen LogP contribution in [0.15, 0.2) is 12.7 Å². The first kappa shape index (κ1) is 8.22. The molecule has 0 bridgehead atoms. The standard InChI is InChI=1S/C7H10O2/c1-4-6-9-7(3,8)5-2/h2,4,8H,1,6H2,3H3. The Hall–Kier alpha value is -0.780. The molecule has 0 aromatic rings. The van der Waals surface area contributed by atoms with Crippen molar-refractivity contribution in [2.75, 3.05) is 6.61 Å². The second kappa shape index (κ2) is 3.29. The van der Waals surface area contributed by atoms with Gasteiger partial charge in [0, 0.05) is 6.92 Å². The van der Waals surface area contributed by atoms with Gasteiger partial charge in [0.05, 0.1) is 6.61 Å². The van der Waals surface area contributed by atoms with Gasteiger partial charge >= 0.3 is 0 Å². The Morgan fingerprint density at radius 2 is 2.56 bits per heavy atom. The fourth-order valence-electron chi connectivity index (χ4n) is 0.263. The summed E-state index contributed by atoms with van der Waals surface area (Å²) in [7, 11) is 0. The maximum absolute atomic E-state index is 8.95. The average molecular weight is 126 g/mol. The molecule has 9 heavy (non-hydrogen) atoms. The zero-order chi connectivity index (χ0) is 7.33. The number of ether oxygens (including phenoxy) is 1. The monoisotopic (exact) mass is 126 g/mol. The lowest BCUT2D eigenvalue weighted by atomic mass is 10.3. The van der Waals surface area contributed by atoms with Gasteiger partial charge in [-0.05, 0) is 5.92 Å². The van der Waals surface area contributed by atoms with E-state index >= 15 is 0 Å². The molecule has 0 saturated carbocycles. The van der Waals surface area contributed by atoms with Crippen LogP contribution in [-0.2, 0) is 4.74 Å². The van der Waals surface area contributed by atoms with Crippen molar-refractivity contribution in [2.45, 2.75) is 12.7 Å². The van der Waals surface area contributed by atoms with Crippen molar-refractivity contribution in [3.8, 4) is 12.3 Å². The highest BCUT2D eigenvalue weighted by Gasteiger charge is 2.14. The Morgan fingerprint density at radius 3 is 2.89 bits per heavy atom. The van der Waals surface area contributed by atoms with Crippen LogP contribution in [0.3, 0.4) is 0 Å². The quantitative estimate of drug-likeness (QED) is 0.339. The summed E-state index contributed by atoms with van der Waals surface area (Å²) in [5.74, 6) is 0.611. The highest BCUT2D eigenvalue weighted by molar-refractivity contribution is 4.98. The van der Waals surface area contributed by atoms with E-state index in [1.54, 1.807) is 0 Å². The molecule has 2 heteroatoms. The molecule has 1 unspecified atom stereocenters. The summed E-state index contributed by atoms with van der Waals surface area (Å²) in [6.07, 6.45) is 6.41. The van der Waals surface area contributed by atoms with Crippen LogP contribution in [0.5, 0.6) is 0 Å². The van der Waals surface area contributed by atoms with Crippen LogP contribution in [0.25, 0.3) is 0 Å². The summed E-state index contributed by atoms with van der Waals surface area (Å²) >= 11 is 0. The lowest BCUT2D eigenvalue weighted by molar-refractivity contribution is -0.135. The summed E-state index contributed by atoms with van der Waals surface area (Å²) in [5, 5.41) is 8.95. The van der Waals surface area contributed by atoms with Crippen LogP contribution in [0, 0.1) is 12.3 Å². The molecule has 1 N–H and O–H groups in total. The van der Waals surface area contributed by atoms with Gasteiger partial charge in [-0.1, -0.05) is 6.08 Å². The summed E-state index contributed by atoms with van der Waals surface area (Å²) in [6.45, 7) is 5.05. The molecule has 0 saturated heterocycles. The lowest BCUT2D eigenvalue weighted by Gasteiger charge is -2.14. The van der Waals surface area contributed by atoms with E-state index in [2.05, 4.69) is 12.5 Å². The van der Waals surface area contributed by atoms with Gasteiger partial charge < -0.3 is 9.84 Å². The molecule has 0 aliphatic rings. The largest absolute Gasteiger partial charge is 0.356 e. The van der Waals surface area contributed by atoms with Gasteiger partial charge in [-0.3, -0.25) is 0 Å². The Labute approximate surface area is 55.1 Å².